The van der Waals surface area contributed by atoms with Crippen LogP contribution in [0.15, 0.2) is 22.7 Å². The van der Waals surface area contributed by atoms with Crippen molar-refractivity contribution in [1.29, 1.82) is 0 Å². The molecule has 1 aromatic rings. The van der Waals surface area contributed by atoms with Crippen molar-refractivity contribution in [2.75, 3.05) is 11.9 Å². The molecule has 3 nitrogen and oxygen atoms in total. The summed E-state index contributed by atoms with van der Waals surface area (Å²) in [6.45, 7) is 2.78. The molecule has 0 fully saturated rings. The van der Waals surface area contributed by atoms with Gasteiger partial charge in [-0.2, -0.15) is 0 Å². The lowest BCUT2D eigenvalue weighted by molar-refractivity contribution is -0.116. The number of nitrogens with one attached hydrogen (secondary N) is 1. The molecule has 0 aliphatic carbocycles. The molecule has 0 bridgehead atoms. The molecule has 0 heterocycles. The van der Waals surface area contributed by atoms with Gasteiger partial charge in [-0.15, -0.1) is 0 Å². The van der Waals surface area contributed by atoms with Gasteiger partial charge in [-0.25, -0.2) is 0 Å². The van der Waals surface area contributed by atoms with Crippen LogP contribution in [-0.2, 0) is 4.79 Å². The number of amides is 1. The van der Waals surface area contributed by atoms with Gasteiger partial charge in [-0.05, 0) is 59.4 Å². The Labute approximate surface area is 121 Å². The summed E-state index contributed by atoms with van der Waals surface area (Å²) >= 11 is 9.26. The van der Waals surface area contributed by atoms with Gasteiger partial charge < -0.3 is 11.1 Å². The highest BCUT2D eigenvalue weighted by molar-refractivity contribution is 9.10. The molecule has 5 heteroatoms. The highest BCUT2D eigenvalue weighted by Gasteiger charge is 2.08. The predicted molar refractivity (Wildman–Crippen MR) is 79.9 cm³/mol. The first-order valence-corrected chi connectivity index (χ1v) is 7.15. The van der Waals surface area contributed by atoms with Crippen LogP contribution in [-0.4, -0.2) is 12.5 Å². The normalized spacial score (nSPS) is 12.2. The quantitative estimate of drug-likeness (QED) is 0.832. The number of hydrogen-bond donors (Lipinski definition) is 2. The summed E-state index contributed by atoms with van der Waals surface area (Å²) in [5.41, 5.74) is 6.18. The summed E-state index contributed by atoms with van der Waals surface area (Å²) in [6.07, 6.45) is 2.30. The number of carbonyl (C=O) groups is 1. The van der Waals surface area contributed by atoms with Crippen molar-refractivity contribution in [2.45, 2.75) is 26.2 Å². The second-order valence-electron chi connectivity index (χ2n) is 4.39. The first-order chi connectivity index (χ1) is 8.52. The zero-order chi connectivity index (χ0) is 13.5. The van der Waals surface area contributed by atoms with Crippen LogP contribution in [0, 0.1) is 5.92 Å². The lowest BCUT2D eigenvalue weighted by atomic mass is 10.0. The summed E-state index contributed by atoms with van der Waals surface area (Å²) in [6, 6.07) is 5.31. The summed E-state index contributed by atoms with van der Waals surface area (Å²) in [5.74, 6) is 0.477. The Morgan fingerprint density at radius 2 is 2.22 bits per heavy atom. The summed E-state index contributed by atoms with van der Waals surface area (Å²) in [4.78, 5) is 11.8. The van der Waals surface area contributed by atoms with Crippen molar-refractivity contribution in [3.8, 4) is 0 Å². The maximum Gasteiger partial charge on any atom is 0.224 e. The monoisotopic (exact) mass is 332 g/mol. The number of benzene rings is 1. The van der Waals surface area contributed by atoms with E-state index in [1.54, 1.807) is 12.1 Å². The number of anilines is 1. The van der Waals surface area contributed by atoms with Crippen LogP contribution in [0.2, 0.25) is 5.02 Å². The fourth-order valence-corrected chi connectivity index (χ4v) is 2.13. The highest BCUT2D eigenvalue weighted by atomic mass is 79.9. The first-order valence-electron chi connectivity index (χ1n) is 5.98. The van der Waals surface area contributed by atoms with Gasteiger partial charge in [0, 0.05) is 15.9 Å². The maximum atomic E-state index is 11.8. The average molecular weight is 334 g/mol. The Hall–Kier alpha value is -0.580. The van der Waals surface area contributed by atoms with Gasteiger partial charge in [0.05, 0.1) is 5.69 Å². The Balaban J connectivity index is 2.47. The van der Waals surface area contributed by atoms with Crippen LogP contribution in [0.3, 0.4) is 0 Å². The van der Waals surface area contributed by atoms with E-state index >= 15 is 0 Å². The van der Waals surface area contributed by atoms with Gasteiger partial charge in [0.2, 0.25) is 5.91 Å². The molecule has 0 spiro atoms. The minimum Gasteiger partial charge on any atom is -0.330 e. The molecule has 0 aromatic heterocycles. The Morgan fingerprint density at radius 3 is 2.89 bits per heavy atom. The van der Waals surface area contributed by atoms with Crippen LogP contribution in [0.1, 0.15) is 26.2 Å². The molecule has 0 aliphatic heterocycles. The smallest absolute Gasteiger partial charge is 0.224 e. The average Bonchev–Trinajstić information content (AvgIpc) is 2.32. The molecule has 0 saturated carbocycles. The molecule has 0 radical (unpaired) electrons. The van der Waals surface area contributed by atoms with E-state index in [1.807, 2.05) is 6.07 Å². The standard InChI is InChI=1S/C13H18BrClN2O/c1-9(6-7-16)2-5-13(18)17-12-8-10(15)3-4-11(12)14/h3-4,8-9H,2,5-7,16H2,1H3,(H,17,18). The van der Waals surface area contributed by atoms with E-state index < -0.39 is 0 Å². The zero-order valence-electron chi connectivity index (χ0n) is 10.4. The van der Waals surface area contributed by atoms with Gasteiger partial charge in [0.25, 0.3) is 0 Å². The number of halogens is 2. The molecule has 18 heavy (non-hydrogen) atoms. The first kappa shape index (κ1) is 15.5. The van der Waals surface area contributed by atoms with E-state index in [2.05, 4.69) is 28.2 Å². The molecule has 100 valence electrons. The van der Waals surface area contributed by atoms with Gasteiger partial charge in [0.15, 0.2) is 0 Å². The van der Waals surface area contributed by atoms with E-state index in [0.29, 0.717) is 29.6 Å². The molecular formula is C13H18BrClN2O. The lowest BCUT2D eigenvalue weighted by Gasteiger charge is -2.11. The second-order valence-corrected chi connectivity index (χ2v) is 5.68. The van der Waals surface area contributed by atoms with Gasteiger partial charge in [-0.3, -0.25) is 4.79 Å². The van der Waals surface area contributed by atoms with Gasteiger partial charge in [-0.1, -0.05) is 18.5 Å². The fourth-order valence-electron chi connectivity index (χ4n) is 1.61. The predicted octanol–water partition coefficient (Wildman–Crippen LogP) is 3.81. The molecule has 1 unspecified atom stereocenters. The summed E-state index contributed by atoms with van der Waals surface area (Å²) in [7, 11) is 0. The molecule has 0 aliphatic rings. The van der Waals surface area contributed by atoms with Crippen LogP contribution in [0.25, 0.3) is 0 Å². The summed E-state index contributed by atoms with van der Waals surface area (Å²) < 4.78 is 0.829. The van der Waals surface area contributed by atoms with E-state index in [4.69, 9.17) is 17.3 Å². The van der Waals surface area contributed by atoms with Crippen LogP contribution in [0.4, 0.5) is 5.69 Å². The molecule has 1 atom stereocenters. The van der Waals surface area contributed by atoms with Crippen molar-refractivity contribution in [3.05, 3.63) is 27.7 Å². The molecule has 0 saturated heterocycles. The van der Waals surface area contributed by atoms with Gasteiger partial charge in [0.1, 0.15) is 0 Å². The molecule has 1 aromatic carbocycles. The highest BCUT2D eigenvalue weighted by Crippen LogP contribution is 2.26. The van der Waals surface area contributed by atoms with Crippen LogP contribution < -0.4 is 11.1 Å². The van der Waals surface area contributed by atoms with Crippen molar-refractivity contribution in [2.24, 2.45) is 11.7 Å². The van der Waals surface area contributed by atoms with Gasteiger partial charge >= 0.3 is 0 Å². The van der Waals surface area contributed by atoms with Crippen molar-refractivity contribution < 1.29 is 4.79 Å². The maximum absolute atomic E-state index is 11.8. The molecule has 1 rings (SSSR count). The summed E-state index contributed by atoms with van der Waals surface area (Å²) in [5, 5.41) is 3.45. The van der Waals surface area contributed by atoms with Crippen molar-refractivity contribution >= 4 is 39.1 Å². The molecule has 3 N–H and O–H groups in total. The minimum atomic E-state index is 0.00170. The largest absolute Gasteiger partial charge is 0.330 e. The lowest BCUT2D eigenvalue weighted by Crippen LogP contribution is -2.14. The minimum absolute atomic E-state index is 0.00170. The Morgan fingerprint density at radius 1 is 1.50 bits per heavy atom. The topological polar surface area (TPSA) is 55.1 Å². The van der Waals surface area contributed by atoms with E-state index in [0.717, 1.165) is 17.3 Å². The number of rotatable bonds is 6. The molecular weight excluding hydrogens is 316 g/mol. The van der Waals surface area contributed by atoms with E-state index in [1.165, 1.54) is 0 Å². The third kappa shape index (κ3) is 5.38. The third-order valence-electron chi connectivity index (χ3n) is 2.73. The second kappa shape index (κ2) is 7.77. The van der Waals surface area contributed by atoms with Crippen molar-refractivity contribution in [3.63, 3.8) is 0 Å². The number of carbonyl (C=O) groups excluding carboxylic acids is 1. The van der Waals surface area contributed by atoms with Crippen LogP contribution >= 0.6 is 27.5 Å². The zero-order valence-corrected chi connectivity index (χ0v) is 12.7. The Kier molecular flexibility index (Phi) is 6.68. The van der Waals surface area contributed by atoms with Crippen LogP contribution in [0.5, 0.6) is 0 Å². The molecule has 1 amide bonds. The number of hydrogen-bond acceptors (Lipinski definition) is 2. The SMILES string of the molecule is CC(CCN)CCC(=O)Nc1cc(Cl)ccc1Br. The fraction of sp³-hybridized carbons (Fsp3) is 0.462. The van der Waals surface area contributed by atoms with E-state index in [-0.39, 0.29) is 5.91 Å². The van der Waals surface area contributed by atoms with Crippen molar-refractivity contribution in [1.82, 2.24) is 0 Å². The Bertz CT molecular complexity index is 412. The third-order valence-corrected chi connectivity index (χ3v) is 3.65. The number of nitrogens with two attached hydrogens (primary N) is 1. The van der Waals surface area contributed by atoms with E-state index in [9.17, 15) is 4.79 Å².